The van der Waals surface area contributed by atoms with Gasteiger partial charge >= 0.3 is 0 Å². The predicted octanol–water partition coefficient (Wildman–Crippen LogP) is 5.30. The van der Waals surface area contributed by atoms with Crippen molar-refractivity contribution in [3.8, 4) is 5.75 Å². The van der Waals surface area contributed by atoms with Gasteiger partial charge in [-0.2, -0.15) is 0 Å². The van der Waals surface area contributed by atoms with Crippen LogP contribution in [0.5, 0.6) is 5.75 Å². The first-order chi connectivity index (χ1) is 16.5. The van der Waals surface area contributed by atoms with Gasteiger partial charge in [0.2, 0.25) is 5.91 Å². The van der Waals surface area contributed by atoms with E-state index in [1.54, 1.807) is 17.0 Å². The van der Waals surface area contributed by atoms with Crippen LogP contribution < -0.4 is 10.1 Å². The second-order valence-corrected chi connectivity index (χ2v) is 9.10. The molecule has 3 rings (SSSR count). The Bertz CT molecular complexity index is 1070. The molecule has 0 unspecified atom stereocenters. The highest BCUT2D eigenvalue weighted by atomic mass is 79.9. The highest BCUT2D eigenvalue weighted by Gasteiger charge is 2.30. The van der Waals surface area contributed by atoms with Crippen molar-refractivity contribution in [2.45, 2.75) is 39.3 Å². The van der Waals surface area contributed by atoms with Crippen LogP contribution in [-0.4, -0.2) is 35.9 Å². The van der Waals surface area contributed by atoms with Gasteiger partial charge in [-0.15, -0.1) is 0 Å². The summed E-state index contributed by atoms with van der Waals surface area (Å²) in [6.45, 7) is 4.76. The first kappa shape index (κ1) is 25.5. The quantitative estimate of drug-likeness (QED) is 0.371. The summed E-state index contributed by atoms with van der Waals surface area (Å²) in [5.41, 5.74) is 3.07. The summed E-state index contributed by atoms with van der Waals surface area (Å²) in [4.78, 5) is 28.5. The molecular formula is C28H31BrN2O3. The molecule has 178 valence electrons. The van der Waals surface area contributed by atoms with Crippen LogP contribution in [-0.2, 0) is 22.6 Å². The first-order valence-corrected chi connectivity index (χ1v) is 12.3. The van der Waals surface area contributed by atoms with Crippen molar-refractivity contribution >= 4 is 27.7 Å². The molecule has 1 atom stereocenters. The number of nitrogens with one attached hydrogen (secondary N) is 1. The van der Waals surface area contributed by atoms with Crippen LogP contribution in [0.4, 0.5) is 0 Å². The normalized spacial score (nSPS) is 11.5. The Labute approximate surface area is 210 Å². The summed E-state index contributed by atoms with van der Waals surface area (Å²) in [5, 5.41) is 2.99. The monoisotopic (exact) mass is 522 g/mol. The van der Waals surface area contributed by atoms with Gasteiger partial charge in [-0.05, 0) is 54.3 Å². The summed E-state index contributed by atoms with van der Waals surface area (Å²) in [6.07, 6.45) is 1.24. The van der Waals surface area contributed by atoms with E-state index < -0.39 is 6.04 Å². The Morgan fingerprint density at radius 3 is 2.32 bits per heavy atom. The van der Waals surface area contributed by atoms with Crippen LogP contribution in [0.2, 0.25) is 0 Å². The molecule has 0 aliphatic rings. The molecule has 2 amide bonds. The number of carbonyl (C=O) groups is 2. The fourth-order valence-electron chi connectivity index (χ4n) is 3.65. The van der Waals surface area contributed by atoms with E-state index in [1.807, 2.05) is 80.6 Å². The molecule has 0 spiro atoms. The number of benzene rings is 3. The smallest absolute Gasteiger partial charge is 0.261 e. The molecule has 0 aromatic heterocycles. The number of carbonyl (C=O) groups excluding carboxylic acids is 2. The second-order valence-electron chi connectivity index (χ2n) is 8.19. The Hall–Kier alpha value is -3.12. The zero-order chi connectivity index (χ0) is 24.3. The van der Waals surface area contributed by atoms with Gasteiger partial charge in [-0.25, -0.2) is 0 Å². The van der Waals surface area contributed by atoms with E-state index in [2.05, 4.69) is 21.2 Å². The first-order valence-electron chi connectivity index (χ1n) is 11.5. The maximum atomic E-state index is 13.5. The SMILES string of the molecule is CCCNC(=O)[C@@H](Cc1ccccc1)N(Cc1ccccc1C)C(=O)COc1ccc(Br)cc1. The van der Waals surface area contributed by atoms with E-state index in [-0.39, 0.29) is 18.4 Å². The molecular weight excluding hydrogens is 492 g/mol. The lowest BCUT2D eigenvalue weighted by Crippen LogP contribution is -2.51. The Morgan fingerprint density at radius 1 is 0.971 bits per heavy atom. The third-order valence-corrected chi connectivity index (χ3v) is 6.13. The van der Waals surface area contributed by atoms with Crippen molar-refractivity contribution in [2.24, 2.45) is 0 Å². The number of aryl methyl sites for hydroxylation is 1. The molecule has 0 fully saturated rings. The molecule has 5 nitrogen and oxygen atoms in total. The largest absolute Gasteiger partial charge is 0.484 e. The fourth-order valence-corrected chi connectivity index (χ4v) is 3.91. The standard InChI is InChI=1S/C28H31BrN2O3/c1-3-17-30-28(33)26(18-22-10-5-4-6-11-22)31(19-23-12-8-7-9-21(23)2)27(32)20-34-25-15-13-24(29)14-16-25/h4-16,26H,3,17-20H2,1-2H3,(H,30,33)/t26-/m1/s1. The molecule has 0 radical (unpaired) electrons. The van der Waals surface area contributed by atoms with Gasteiger partial charge in [0.1, 0.15) is 11.8 Å². The van der Waals surface area contributed by atoms with Crippen LogP contribution in [0.25, 0.3) is 0 Å². The number of nitrogens with zero attached hydrogens (tertiary/aromatic N) is 1. The Balaban J connectivity index is 1.89. The summed E-state index contributed by atoms with van der Waals surface area (Å²) in [6, 6.07) is 24.4. The van der Waals surface area contributed by atoms with Gasteiger partial charge < -0.3 is 15.0 Å². The van der Waals surface area contributed by atoms with Gasteiger partial charge in [0.05, 0.1) is 0 Å². The Morgan fingerprint density at radius 2 is 1.65 bits per heavy atom. The molecule has 0 saturated carbocycles. The molecule has 0 bridgehead atoms. The average molecular weight is 523 g/mol. The summed E-state index contributed by atoms with van der Waals surface area (Å²) in [5.74, 6) is 0.206. The lowest BCUT2D eigenvalue weighted by molar-refractivity contribution is -0.142. The summed E-state index contributed by atoms with van der Waals surface area (Å²) in [7, 11) is 0. The van der Waals surface area contributed by atoms with E-state index in [0.29, 0.717) is 25.3 Å². The molecule has 0 aliphatic heterocycles. The number of ether oxygens (including phenoxy) is 1. The van der Waals surface area contributed by atoms with E-state index in [4.69, 9.17) is 4.74 Å². The molecule has 34 heavy (non-hydrogen) atoms. The topological polar surface area (TPSA) is 58.6 Å². The van der Waals surface area contributed by atoms with E-state index in [9.17, 15) is 9.59 Å². The third-order valence-electron chi connectivity index (χ3n) is 5.60. The van der Waals surface area contributed by atoms with Gasteiger partial charge in [0.15, 0.2) is 6.61 Å². The second kappa shape index (κ2) is 12.9. The zero-order valence-electron chi connectivity index (χ0n) is 19.7. The maximum absolute atomic E-state index is 13.5. The van der Waals surface area contributed by atoms with Gasteiger partial charge in [-0.3, -0.25) is 9.59 Å². The average Bonchev–Trinajstić information content (AvgIpc) is 2.85. The van der Waals surface area contributed by atoms with Crippen LogP contribution in [0.3, 0.4) is 0 Å². The molecule has 3 aromatic rings. The zero-order valence-corrected chi connectivity index (χ0v) is 21.3. The van der Waals surface area contributed by atoms with E-state index in [1.165, 1.54) is 0 Å². The number of rotatable bonds is 11. The van der Waals surface area contributed by atoms with Crippen molar-refractivity contribution in [3.63, 3.8) is 0 Å². The number of amides is 2. The van der Waals surface area contributed by atoms with Crippen molar-refractivity contribution in [1.29, 1.82) is 0 Å². The van der Waals surface area contributed by atoms with Gasteiger partial charge in [0, 0.05) is 24.0 Å². The van der Waals surface area contributed by atoms with Crippen LogP contribution in [0.15, 0.2) is 83.3 Å². The predicted molar refractivity (Wildman–Crippen MR) is 139 cm³/mol. The van der Waals surface area contributed by atoms with E-state index in [0.717, 1.165) is 27.6 Å². The highest BCUT2D eigenvalue weighted by Crippen LogP contribution is 2.19. The van der Waals surface area contributed by atoms with Crippen molar-refractivity contribution < 1.29 is 14.3 Å². The van der Waals surface area contributed by atoms with Crippen LogP contribution >= 0.6 is 15.9 Å². The molecule has 0 heterocycles. The molecule has 0 saturated heterocycles. The van der Waals surface area contributed by atoms with Crippen molar-refractivity contribution in [2.75, 3.05) is 13.2 Å². The number of hydrogen-bond donors (Lipinski definition) is 1. The van der Waals surface area contributed by atoms with Crippen molar-refractivity contribution in [1.82, 2.24) is 10.2 Å². The number of hydrogen-bond acceptors (Lipinski definition) is 3. The maximum Gasteiger partial charge on any atom is 0.261 e. The molecule has 6 heteroatoms. The minimum absolute atomic E-state index is 0.153. The van der Waals surface area contributed by atoms with Gasteiger partial charge in [-0.1, -0.05) is 77.5 Å². The minimum Gasteiger partial charge on any atom is -0.484 e. The third kappa shape index (κ3) is 7.45. The minimum atomic E-state index is -0.658. The van der Waals surface area contributed by atoms with Crippen LogP contribution in [0.1, 0.15) is 30.0 Å². The molecule has 1 N–H and O–H groups in total. The molecule has 0 aliphatic carbocycles. The fraction of sp³-hybridized carbons (Fsp3) is 0.286. The highest BCUT2D eigenvalue weighted by molar-refractivity contribution is 9.10. The van der Waals surface area contributed by atoms with E-state index >= 15 is 0 Å². The van der Waals surface area contributed by atoms with Crippen molar-refractivity contribution in [3.05, 3.63) is 100 Å². The van der Waals surface area contributed by atoms with Gasteiger partial charge in [0.25, 0.3) is 5.91 Å². The molecule has 3 aromatic carbocycles. The summed E-state index contributed by atoms with van der Waals surface area (Å²) >= 11 is 3.40. The summed E-state index contributed by atoms with van der Waals surface area (Å²) < 4.78 is 6.72. The number of halogens is 1. The lowest BCUT2D eigenvalue weighted by atomic mass is 10.0. The Kier molecular flexibility index (Phi) is 9.71. The van der Waals surface area contributed by atoms with Crippen LogP contribution in [0, 0.1) is 6.92 Å². The lowest BCUT2D eigenvalue weighted by Gasteiger charge is -2.32.